The van der Waals surface area contributed by atoms with E-state index in [0.29, 0.717) is 23.6 Å². The number of aliphatic carboxylic acids is 1. The van der Waals surface area contributed by atoms with Crippen molar-refractivity contribution in [3.8, 4) is 5.75 Å². The SMILES string of the molecule is COc1cc(C(C)C)c(C2(C(=O)O)CC2)cc1Cl. The minimum absolute atomic E-state index is 0.239. The summed E-state index contributed by atoms with van der Waals surface area (Å²) in [6, 6.07) is 3.63. The van der Waals surface area contributed by atoms with E-state index in [0.717, 1.165) is 11.1 Å². The molecular weight excluding hydrogens is 252 g/mol. The summed E-state index contributed by atoms with van der Waals surface area (Å²) in [5, 5.41) is 9.88. The normalized spacial score (nSPS) is 16.7. The van der Waals surface area contributed by atoms with Gasteiger partial charge in [-0.15, -0.1) is 0 Å². The van der Waals surface area contributed by atoms with E-state index in [1.54, 1.807) is 13.2 Å². The van der Waals surface area contributed by atoms with E-state index in [4.69, 9.17) is 16.3 Å². The van der Waals surface area contributed by atoms with Crippen molar-refractivity contribution in [2.24, 2.45) is 0 Å². The Morgan fingerprint density at radius 2 is 2.06 bits per heavy atom. The third kappa shape index (κ3) is 1.97. The lowest BCUT2D eigenvalue weighted by molar-refractivity contribution is -0.140. The summed E-state index contributed by atoms with van der Waals surface area (Å²) in [6.45, 7) is 4.09. The second-order valence-electron chi connectivity index (χ2n) is 5.12. The van der Waals surface area contributed by atoms with Crippen LogP contribution in [0.4, 0.5) is 0 Å². The summed E-state index contributed by atoms with van der Waals surface area (Å²) in [5.41, 5.74) is 1.13. The van der Waals surface area contributed by atoms with Crippen LogP contribution in [0.25, 0.3) is 0 Å². The Labute approximate surface area is 112 Å². The molecule has 1 aromatic rings. The monoisotopic (exact) mass is 268 g/mol. The molecule has 0 aromatic heterocycles. The molecule has 1 N–H and O–H groups in total. The van der Waals surface area contributed by atoms with Crippen molar-refractivity contribution < 1.29 is 14.6 Å². The molecule has 0 bridgehead atoms. The zero-order chi connectivity index (χ0) is 13.5. The van der Waals surface area contributed by atoms with Gasteiger partial charge in [0, 0.05) is 0 Å². The first kappa shape index (κ1) is 13.2. The maximum Gasteiger partial charge on any atom is 0.314 e. The molecule has 1 aromatic carbocycles. The average Bonchev–Trinajstić information content (AvgIpc) is 3.09. The molecule has 0 amide bonds. The van der Waals surface area contributed by atoms with Crippen LogP contribution in [-0.2, 0) is 10.2 Å². The molecule has 0 saturated heterocycles. The van der Waals surface area contributed by atoms with Gasteiger partial charge in [0.1, 0.15) is 5.75 Å². The van der Waals surface area contributed by atoms with Crippen molar-refractivity contribution in [1.82, 2.24) is 0 Å². The molecule has 3 nitrogen and oxygen atoms in total. The zero-order valence-corrected chi connectivity index (χ0v) is 11.5. The number of benzene rings is 1. The highest BCUT2D eigenvalue weighted by Gasteiger charge is 2.53. The van der Waals surface area contributed by atoms with Crippen LogP contribution < -0.4 is 4.74 Å². The van der Waals surface area contributed by atoms with Gasteiger partial charge < -0.3 is 9.84 Å². The molecule has 4 heteroatoms. The van der Waals surface area contributed by atoms with Crippen LogP contribution >= 0.6 is 11.6 Å². The highest BCUT2D eigenvalue weighted by molar-refractivity contribution is 6.32. The van der Waals surface area contributed by atoms with Crippen LogP contribution in [0.2, 0.25) is 5.02 Å². The summed E-state index contributed by atoms with van der Waals surface area (Å²) < 4.78 is 5.20. The first-order valence-corrected chi connectivity index (χ1v) is 6.41. The van der Waals surface area contributed by atoms with Crippen LogP contribution in [0.5, 0.6) is 5.75 Å². The van der Waals surface area contributed by atoms with Gasteiger partial charge in [0.15, 0.2) is 0 Å². The van der Waals surface area contributed by atoms with Gasteiger partial charge in [-0.3, -0.25) is 4.79 Å². The van der Waals surface area contributed by atoms with Crippen molar-refractivity contribution in [2.75, 3.05) is 7.11 Å². The van der Waals surface area contributed by atoms with Crippen molar-refractivity contribution in [3.63, 3.8) is 0 Å². The van der Waals surface area contributed by atoms with Crippen LogP contribution in [-0.4, -0.2) is 18.2 Å². The molecule has 1 fully saturated rings. The van der Waals surface area contributed by atoms with Gasteiger partial charge >= 0.3 is 5.97 Å². The Kier molecular flexibility index (Phi) is 3.28. The zero-order valence-electron chi connectivity index (χ0n) is 10.8. The molecule has 0 unspecified atom stereocenters. The van der Waals surface area contributed by atoms with Gasteiger partial charge in [-0.1, -0.05) is 25.4 Å². The van der Waals surface area contributed by atoms with E-state index in [-0.39, 0.29) is 5.92 Å². The lowest BCUT2D eigenvalue weighted by atomic mass is 9.86. The smallest absolute Gasteiger partial charge is 0.314 e. The predicted molar refractivity (Wildman–Crippen MR) is 70.6 cm³/mol. The fraction of sp³-hybridized carbons (Fsp3) is 0.500. The molecule has 0 spiro atoms. The Balaban J connectivity index is 2.59. The van der Waals surface area contributed by atoms with E-state index < -0.39 is 11.4 Å². The number of halogens is 1. The van der Waals surface area contributed by atoms with Gasteiger partial charge in [0.2, 0.25) is 0 Å². The predicted octanol–water partition coefficient (Wildman–Crippen LogP) is 3.59. The topological polar surface area (TPSA) is 46.5 Å². The Hall–Kier alpha value is -1.22. The van der Waals surface area contributed by atoms with Crippen LogP contribution in [0.15, 0.2) is 12.1 Å². The number of ether oxygens (including phenoxy) is 1. The molecule has 0 heterocycles. The number of methoxy groups -OCH3 is 1. The molecule has 1 aliphatic carbocycles. The molecule has 98 valence electrons. The highest BCUT2D eigenvalue weighted by atomic mass is 35.5. The summed E-state index contributed by atoms with van der Waals surface area (Å²) >= 11 is 6.13. The van der Waals surface area contributed by atoms with Crippen molar-refractivity contribution in [3.05, 3.63) is 28.3 Å². The van der Waals surface area contributed by atoms with Gasteiger partial charge in [-0.05, 0) is 42.0 Å². The van der Waals surface area contributed by atoms with Gasteiger partial charge in [0.25, 0.3) is 0 Å². The fourth-order valence-electron chi connectivity index (χ4n) is 2.34. The Bertz CT molecular complexity index is 490. The van der Waals surface area contributed by atoms with Crippen molar-refractivity contribution in [1.29, 1.82) is 0 Å². The number of hydrogen-bond acceptors (Lipinski definition) is 2. The highest BCUT2D eigenvalue weighted by Crippen LogP contribution is 2.52. The third-order valence-electron chi connectivity index (χ3n) is 3.62. The van der Waals surface area contributed by atoms with Crippen LogP contribution in [0.3, 0.4) is 0 Å². The lowest BCUT2D eigenvalue weighted by Gasteiger charge is -2.20. The van der Waals surface area contributed by atoms with E-state index in [9.17, 15) is 9.90 Å². The van der Waals surface area contributed by atoms with Gasteiger partial charge in [0.05, 0.1) is 17.5 Å². The maximum atomic E-state index is 11.5. The maximum absolute atomic E-state index is 11.5. The number of carboxylic acids is 1. The first-order chi connectivity index (χ1) is 8.42. The molecule has 1 aliphatic rings. The summed E-state index contributed by atoms with van der Waals surface area (Å²) in [7, 11) is 1.56. The number of hydrogen-bond donors (Lipinski definition) is 1. The summed E-state index contributed by atoms with van der Waals surface area (Å²) in [6.07, 6.45) is 1.37. The Morgan fingerprint density at radius 1 is 1.44 bits per heavy atom. The third-order valence-corrected chi connectivity index (χ3v) is 3.92. The lowest BCUT2D eigenvalue weighted by Crippen LogP contribution is -2.21. The molecule has 0 atom stereocenters. The quantitative estimate of drug-likeness (QED) is 0.908. The molecule has 2 rings (SSSR count). The molecular formula is C14H17ClO3. The van der Waals surface area contributed by atoms with E-state index >= 15 is 0 Å². The number of carbonyl (C=O) groups is 1. The van der Waals surface area contributed by atoms with Crippen LogP contribution in [0.1, 0.15) is 43.7 Å². The van der Waals surface area contributed by atoms with Crippen molar-refractivity contribution >= 4 is 17.6 Å². The molecule has 1 saturated carbocycles. The van der Waals surface area contributed by atoms with Gasteiger partial charge in [-0.2, -0.15) is 0 Å². The molecule has 18 heavy (non-hydrogen) atoms. The molecule has 0 aliphatic heterocycles. The van der Waals surface area contributed by atoms with Gasteiger partial charge in [-0.25, -0.2) is 0 Å². The number of rotatable bonds is 4. The standard InChI is InChI=1S/C14H17ClO3/c1-8(2)9-6-12(18-3)11(15)7-10(9)14(4-5-14)13(16)17/h6-8H,4-5H2,1-3H3,(H,16,17). The minimum Gasteiger partial charge on any atom is -0.495 e. The summed E-state index contributed by atoms with van der Waals surface area (Å²) in [5.74, 6) is 0.0823. The van der Waals surface area contributed by atoms with E-state index in [1.807, 2.05) is 19.9 Å². The van der Waals surface area contributed by atoms with E-state index in [2.05, 4.69) is 0 Å². The van der Waals surface area contributed by atoms with Crippen molar-refractivity contribution in [2.45, 2.75) is 38.0 Å². The van der Waals surface area contributed by atoms with Crippen LogP contribution in [0, 0.1) is 0 Å². The molecule has 0 radical (unpaired) electrons. The second kappa shape index (κ2) is 4.47. The minimum atomic E-state index is -0.759. The summed E-state index contributed by atoms with van der Waals surface area (Å²) in [4.78, 5) is 11.5. The average molecular weight is 269 g/mol. The fourth-order valence-corrected chi connectivity index (χ4v) is 2.58. The largest absolute Gasteiger partial charge is 0.495 e. The number of carboxylic acid groups (broad SMARTS) is 1. The first-order valence-electron chi connectivity index (χ1n) is 6.03. The second-order valence-corrected chi connectivity index (χ2v) is 5.52. The van der Waals surface area contributed by atoms with E-state index in [1.165, 1.54) is 0 Å². The Morgan fingerprint density at radius 3 is 2.44 bits per heavy atom.